The molecule has 0 aliphatic carbocycles. The van der Waals surface area contributed by atoms with Gasteiger partial charge in [0.15, 0.2) is 0 Å². The summed E-state index contributed by atoms with van der Waals surface area (Å²) < 4.78 is 1.94. The molecule has 1 N–H and O–H groups in total. The summed E-state index contributed by atoms with van der Waals surface area (Å²) in [7, 11) is 1.97. The van der Waals surface area contributed by atoms with Gasteiger partial charge in [0.25, 0.3) is 0 Å². The van der Waals surface area contributed by atoms with Gasteiger partial charge in [-0.1, -0.05) is 11.3 Å². The Balaban J connectivity index is 0.000000902. The van der Waals surface area contributed by atoms with Gasteiger partial charge in [0.1, 0.15) is 10.0 Å². The number of aromatic nitrogens is 3. The quantitative estimate of drug-likeness (QED) is 0.924. The Bertz CT molecular complexity index is 538. The summed E-state index contributed by atoms with van der Waals surface area (Å²) in [5, 5.41) is 5.67. The number of aryl methyl sites for hydroxylation is 2. The molecule has 4 nitrogen and oxygen atoms in total. The molecule has 0 radical (unpaired) electrons. The Hall–Kier alpha value is -1.04. The van der Waals surface area contributed by atoms with Crippen LogP contribution in [0.5, 0.6) is 0 Å². The van der Waals surface area contributed by atoms with Crippen LogP contribution in [-0.4, -0.2) is 21.1 Å². The maximum Gasteiger partial charge on any atom is 0.118 e. The van der Waals surface area contributed by atoms with Crippen molar-refractivity contribution in [1.29, 1.82) is 0 Å². The predicted molar refractivity (Wildman–Crippen MR) is 85.6 cm³/mol. The fraction of sp³-hybridized carbons (Fsp3) is 0.333. The number of nitrogens with one attached hydrogen (secondary N) is 1. The van der Waals surface area contributed by atoms with Gasteiger partial charge in [0.05, 0.1) is 17.7 Å². The van der Waals surface area contributed by atoms with Gasteiger partial charge >= 0.3 is 0 Å². The molecule has 104 valence electrons. The second-order valence-electron chi connectivity index (χ2n) is 4.16. The number of nitrogens with zero attached hydrogens (tertiary/aromatic N) is 3. The highest BCUT2D eigenvalue weighted by atomic mass is 35.5. The van der Waals surface area contributed by atoms with Gasteiger partial charge in [-0.25, -0.2) is 9.97 Å². The summed E-state index contributed by atoms with van der Waals surface area (Å²) in [6.45, 7) is 1.07. The molecule has 3 heterocycles. The molecule has 0 atom stereocenters. The normalized spacial score (nSPS) is 13.3. The zero-order valence-electron chi connectivity index (χ0n) is 10.5. The van der Waals surface area contributed by atoms with E-state index < -0.39 is 0 Å². The van der Waals surface area contributed by atoms with E-state index in [0.717, 1.165) is 23.7 Å². The van der Waals surface area contributed by atoms with E-state index in [4.69, 9.17) is 0 Å². The zero-order valence-corrected chi connectivity index (χ0v) is 12.9. The molecule has 0 aromatic carbocycles. The Morgan fingerprint density at radius 3 is 2.89 bits per heavy atom. The van der Waals surface area contributed by atoms with E-state index in [1.807, 2.05) is 30.0 Å². The number of thiazole rings is 1. The van der Waals surface area contributed by atoms with Crippen LogP contribution < -0.4 is 5.32 Å². The molecule has 0 saturated heterocycles. The first kappa shape index (κ1) is 16.0. The zero-order chi connectivity index (χ0) is 11.7. The average Bonchev–Trinajstić information content (AvgIpc) is 2.91. The molecule has 1 aliphatic rings. The third-order valence-corrected chi connectivity index (χ3v) is 3.73. The first-order valence-corrected chi connectivity index (χ1v) is 6.52. The van der Waals surface area contributed by atoms with Gasteiger partial charge in [-0.2, -0.15) is 0 Å². The van der Waals surface area contributed by atoms with Gasteiger partial charge in [-0.3, -0.25) is 0 Å². The predicted octanol–water partition coefficient (Wildman–Crippen LogP) is 3.25. The van der Waals surface area contributed by atoms with Crippen LogP contribution >= 0.6 is 36.2 Å². The molecule has 0 spiro atoms. The van der Waals surface area contributed by atoms with Crippen LogP contribution in [0.25, 0.3) is 12.2 Å². The SMILES string of the molecule is Cl.Cl.Cn1cnc(/C=C/c2nc3c(s2)NCCC3)c1. The van der Waals surface area contributed by atoms with Gasteiger partial charge in [0.2, 0.25) is 0 Å². The minimum atomic E-state index is 0. The molecule has 0 bridgehead atoms. The van der Waals surface area contributed by atoms with Crippen molar-refractivity contribution in [1.82, 2.24) is 14.5 Å². The Morgan fingerprint density at radius 2 is 2.21 bits per heavy atom. The van der Waals surface area contributed by atoms with Crippen molar-refractivity contribution in [3.63, 3.8) is 0 Å². The molecule has 0 amide bonds. The highest BCUT2D eigenvalue weighted by Crippen LogP contribution is 2.29. The van der Waals surface area contributed by atoms with Crippen molar-refractivity contribution in [2.24, 2.45) is 7.05 Å². The van der Waals surface area contributed by atoms with E-state index >= 15 is 0 Å². The summed E-state index contributed by atoms with van der Waals surface area (Å²) in [5.74, 6) is 0. The third kappa shape index (κ3) is 3.72. The van der Waals surface area contributed by atoms with Crippen molar-refractivity contribution < 1.29 is 0 Å². The number of anilines is 1. The molecule has 1 aliphatic heterocycles. The number of imidazole rings is 1. The lowest BCUT2D eigenvalue weighted by Gasteiger charge is -2.10. The van der Waals surface area contributed by atoms with Crippen LogP contribution in [-0.2, 0) is 13.5 Å². The van der Waals surface area contributed by atoms with Crippen LogP contribution in [0.2, 0.25) is 0 Å². The summed E-state index contributed by atoms with van der Waals surface area (Å²) in [6, 6.07) is 0. The van der Waals surface area contributed by atoms with Crippen molar-refractivity contribution in [2.75, 3.05) is 11.9 Å². The van der Waals surface area contributed by atoms with Crippen molar-refractivity contribution in [3.8, 4) is 0 Å². The van der Waals surface area contributed by atoms with Gasteiger partial charge in [-0.05, 0) is 25.0 Å². The molecule has 0 fully saturated rings. The Kier molecular flexibility index (Phi) is 5.85. The van der Waals surface area contributed by atoms with Gasteiger partial charge < -0.3 is 9.88 Å². The molecule has 3 rings (SSSR count). The summed E-state index contributed by atoms with van der Waals surface area (Å²) in [4.78, 5) is 8.86. The van der Waals surface area contributed by atoms with Crippen LogP contribution in [0.3, 0.4) is 0 Å². The Morgan fingerprint density at radius 1 is 1.37 bits per heavy atom. The molecule has 0 unspecified atom stereocenters. The first-order chi connectivity index (χ1) is 8.31. The molecule has 2 aromatic rings. The summed E-state index contributed by atoms with van der Waals surface area (Å²) in [5.41, 5.74) is 2.18. The van der Waals surface area contributed by atoms with Crippen LogP contribution in [0, 0.1) is 0 Å². The minimum absolute atomic E-state index is 0. The standard InChI is InChI=1S/C12H14N4S.2ClH/c1-16-7-9(14-8-16)4-5-11-15-10-3-2-6-13-12(10)17-11;;/h4-5,7-8,13H,2-3,6H2,1H3;2*1H/b5-4+;;. The highest BCUT2D eigenvalue weighted by molar-refractivity contribution is 7.16. The lowest BCUT2D eigenvalue weighted by Crippen LogP contribution is -2.09. The smallest absolute Gasteiger partial charge is 0.118 e. The maximum absolute atomic E-state index is 4.61. The molecular weight excluding hydrogens is 303 g/mol. The number of halogens is 2. The Labute approximate surface area is 128 Å². The highest BCUT2D eigenvalue weighted by Gasteiger charge is 2.13. The average molecular weight is 319 g/mol. The van der Waals surface area contributed by atoms with Crippen LogP contribution in [0.4, 0.5) is 5.00 Å². The van der Waals surface area contributed by atoms with Crippen LogP contribution in [0.15, 0.2) is 12.5 Å². The van der Waals surface area contributed by atoms with E-state index in [9.17, 15) is 0 Å². The van der Waals surface area contributed by atoms with Gasteiger partial charge in [0, 0.05) is 19.8 Å². The molecular formula is C12H16Cl2N4S. The second kappa shape index (κ2) is 6.93. The molecule has 7 heteroatoms. The van der Waals surface area contributed by atoms with Crippen molar-refractivity contribution >= 4 is 53.3 Å². The lowest BCUT2D eigenvalue weighted by atomic mass is 10.2. The number of rotatable bonds is 2. The summed E-state index contributed by atoms with van der Waals surface area (Å²) >= 11 is 1.72. The number of hydrogen-bond acceptors (Lipinski definition) is 4. The summed E-state index contributed by atoms with van der Waals surface area (Å²) in [6.07, 6.45) is 10.1. The van der Waals surface area contributed by atoms with Crippen molar-refractivity contribution in [3.05, 3.63) is 28.9 Å². The van der Waals surface area contributed by atoms with Crippen LogP contribution in [0.1, 0.15) is 22.8 Å². The first-order valence-electron chi connectivity index (χ1n) is 5.71. The molecule has 0 saturated carbocycles. The van der Waals surface area contributed by atoms with Crippen molar-refractivity contribution in [2.45, 2.75) is 12.8 Å². The lowest BCUT2D eigenvalue weighted by molar-refractivity contribution is 0.813. The number of hydrogen-bond donors (Lipinski definition) is 1. The number of fused-ring (bicyclic) bond motifs is 1. The second-order valence-corrected chi connectivity index (χ2v) is 5.19. The third-order valence-electron chi connectivity index (χ3n) is 2.71. The topological polar surface area (TPSA) is 42.7 Å². The molecule has 2 aromatic heterocycles. The van der Waals surface area contributed by atoms with E-state index in [0.29, 0.717) is 0 Å². The molecule has 19 heavy (non-hydrogen) atoms. The van der Waals surface area contributed by atoms with E-state index in [-0.39, 0.29) is 24.8 Å². The fourth-order valence-corrected chi connectivity index (χ4v) is 2.82. The van der Waals surface area contributed by atoms with E-state index in [1.54, 1.807) is 17.7 Å². The van der Waals surface area contributed by atoms with E-state index in [1.165, 1.54) is 17.1 Å². The van der Waals surface area contributed by atoms with E-state index in [2.05, 4.69) is 15.3 Å². The maximum atomic E-state index is 4.61. The monoisotopic (exact) mass is 318 g/mol. The largest absolute Gasteiger partial charge is 0.375 e. The van der Waals surface area contributed by atoms with Gasteiger partial charge in [-0.15, -0.1) is 24.8 Å². The fourth-order valence-electron chi connectivity index (χ4n) is 1.88. The minimum Gasteiger partial charge on any atom is -0.375 e.